The van der Waals surface area contributed by atoms with E-state index in [4.69, 9.17) is 26.5 Å². The molecule has 0 aliphatic heterocycles. The third-order valence-corrected chi connectivity index (χ3v) is 7.30. The SMILES string of the molecule is CCC(C1CCCCC1)C(C)C(CN)(ON=[N+]=[N-])C1CCC(ON=[N+]=[N-])CC1. The molecular formula is C19H35N7O2. The summed E-state index contributed by atoms with van der Waals surface area (Å²) in [5, 5.41) is 6.79. The molecule has 28 heavy (non-hydrogen) atoms. The van der Waals surface area contributed by atoms with Crippen molar-refractivity contribution in [3.63, 3.8) is 0 Å². The lowest BCUT2D eigenvalue weighted by molar-refractivity contribution is -0.153. The molecule has 3 unspecified atom stereocenters. The van der Waals surface area contributed by atoms with Crippen LogP contribution in [0.15, 0.2) is 10.6 Å². The number of nitrogens with two attached hydrogens (primary N) is 1. The minimum absolute atomic E-state index is 0.0716. The Morgan fingerprint density at radius 1 is 1.04 bits per heavy atom. The highest BCUT2D eigenvalue weighted by Crippen LogP contribution is 2.47. The predicted molar refractivity (Wildman–Crippen MR) is 108 cm³/mol. The summed E-state index contributed by atoms with van der Waals surface area (Å²) >= 11 is 0. The molecule has 2 saturated carbocycles. The van der Waals surface area contributed by atoms with Crippen LogP contribution < -0.4 is 5.73 Å². The Bertz CT molecular complexity index is 563. The van der Waals surface area contributed by atoms with Gasteiger partial charge < -0.3 is 15.4 Å². The number of nitrogens with zero attached hydrogens (tertiary/aromatic N) is 6. The number of rotatable bonds is 10. The van der Waals surface area contributed by atoms with E-state index in [2.05, 4.69) is 34.2 Å². The summed E-state index contributed by atoms with van der Waals surface area (Å²) in [5.41, 5.74) is 23.0. The van der Waals surface area contributed by atoms with Crippen molar-refractivity contribution in [2.45, 2.75) is 89.8 Å². The molecule has 0 aromatic rings. The molecular weight excluding hydrogens is 358 g/mol. The van der Waals surface area contributed by atoms with Crippen LogP contribution in [0.5, 0.6) is 0 Å². The Labute approximate surface area is 167 Å². The van der Waals surface area contributed by atoms with E-state index in [0.717, 1.165) is 32.1 Å². The highest BCUT2D eigenvalue weighted by molar-refractivity contribution is 4.99. The molecule has 0 aromatic heterocycles. The van der Waals surface area contributed by atoms with Gasteiger partial charge in [0.2, 0.25) is 0 Å². The highest BCUT2D eigenvalue weighted by Gasteiger charge is 2.49. The Hall–Kier alpha value is -1.82. The molecule has 0 bridgehead atoms. The van der Waals surface area contributed by atoms with Gasteiger partial charge in [0, 0.05) is 28.2 Å². The molecule has 0 saturated heterocycles. The maximum Gasteiger partial charge on any atom is 0.136 e. The third-order valence-electron chi connectivity index (χ3n) is 7.30. The predicted octanol–water partition coefficient (Wildman–Crippen LogP) is 5.97. The molecule has 2 N–H and O–H groups in total. The van der Waals surface area contributed by atoms with Crippen LogP contribution in [0.4, 0.5) is 0 Å². The molecule has 9 heteroatoms. The fourth-order valence-electron chi connectivity index (χ4n) is 5.78. The zero-order valence-electron chi connectivity index (χ0n) is 17.2. The van der Waals surface area contributed by atoms with Gasteiger partial charge in [-0.1, -0.05) is 52.4 Å². The van der Waals surface area contributed by atoms with Crippen molar-refractivity contribution >= 4 is 0 Å². The summed E-state index contributed by atoms with van der Waals surface area (Å²) in [6, 6.07) is 0. The van der Waals surface area contributed by atoms with Crippen molar-refractivity contribution in [3.8, 4) is 0 Å². The minimum Gasteiger partial charge on any atom is -0.430 e. The molecule has 0 spiro atoms. The van der Waals surface area contributed by atoms with Gasteiger partial charge in [-0.3, -0.25) is 0 Å². The van der Waals surface area contributed by atoms with E-state index >= 15 is 0 Å². The first-order valence-corrected chi connectivity index (χ1v) is 10.8. The first-order valence-electron chi connectivity index (χ1n) is 10.8. The lowest BCUT2D eigenvalue weighted by Crippen LogP contribution is -2.55. The Balaban J connectivity index is 2.21. The number of azide groups is 2. The number of hydrogen-bond donors (Lipinski definition) is 1. The standard InChI is InChI=1S/C19H35N7O2/c1-3-18(15-7-5-4-6-8-15)14(2)19(13-20,28-26-24-22)16-9-11-17(12-10-16)27-25-23-21/h14-18H,3-13,20H2,1-2H3. The van der Waals surface area contributed by atoms with E-state index in [-0.39, 0.29) is 17.9 Å². The van der Waals surface area contributed by atoms with Gasteiger partial charge in [-0.25, -0.2) is 0 Å². The van der Waals surface area contributed by atoms with Crippen LogP contribution in [-0.2, 0) is 9.68 Å². The zero-order chi connectivity index (χ0) is 20.4. The van der Waals surface area contributed by atoms with E-state index in [1.165, 1.54) is 32.1 Å². The van der Waals surface area contributed by atoms with Crippen molar-refractivity contribution in [2.24, 2.45) is 40.0 Å². The van der Waals surface area contributed by atoms with Gasteiger partial charge in [-0.05, 0) is 48.6 Å². The van der Waals surface area contributed by atoms with Crippen LogP contribution in [0.2, 0.25) is 0 Å². The summed E-state index contributed by atoms with van der Waals surface area (Å²) in [6.45, 7) is 4.79. The van der Waals surface area contributed by atoms with Crippen molar-refractivity contribution in [3.05, 3.63) is 20.9 Å². The van der Waals surface area contributed by atoms with Gasteiger partial charge in [-0.15, -0.1) is 0 Å². The van der Waals surface area contributed by atoms with E-state index in [1.807, 2.05) is 0 Å². The highest BCUT2D eigenvalue weighted by atomic mass is 16.7. The Morgan fingerprint density at radius 3 is 2.21 bits per heavy atom. The lowest BCUT2D eigenvalue weighted by Gasteiger charge is -2.49. The van der Waals surface area contributed by atoms with Gasteiger partial charge >= 0.3 is 0 Å². The molecule has 9 nitrogen and oxygen atoms in total. The maximum absolute atomic E-state index is 8.91. The van der Waals surface area contributed by atoms with E-state index in [9.17, 15) is 0 Å². The molecule has 0 amide bonds. The van der Waals surface area contributed by atoms with Crippen LogP contribution in [0.1, 0.15) is 78.1 Å². The lowest BCUT2D eigenvalue weighted by atomic mass is 9.62. The molecule has 0 aromatic carbocycles. The minimum atomic E-state index is -0.673. The van der Waals surface area contributed by atoms with Crippen LogP contribution in [0, 0.1) is 23.7 Å². The average Bonchev–Trinajstić information content (AvgIpc) is 2.75. The van der Waals surface area contributed by atoms with E-state index < -0.39 is 5.60 Å². The Kier molecular flexibility index (Phi) is 9.03. The molecule has 3 atom stereocenters. The second-order valence-corrected chi connectivity index (χ2v) is 8.43. The van der Waals surface area contributed by atoms with Crippen molar-refractivity contribution in [2.75, 3.05) is 6.54 Å². The van der Waals surface area contributed by atoms with Gasteiger partial charge in [0.15, 0.2) is 0 Å². The molecule has 0 heterocycles. The van der Waals surface area contributed by atoms with Crippen LogP contribution in [0.25, 0.3) is 20.9 Å². The van der Waals surface area contributed by atoms with E-state index in [1.54, 1.807) is 0 Å². The van der Waals surface area contributed by atoms with Gasteiger partial charge in [0.1, 0.15) is 22.3 Å². The zero-order valence-corrected chi connectivity index (χ0v) is 17.2. The summed E-state index contributed by atoms with van der Waals surface area (Å²) in [6.07, 6.45) is 10.7. The molecule has 158 valence electrons. The largest absolute Gasteiger partial charge is 0.430 e. The fraction of sp³-hybridized carbons (Fsp3) is 1.00. The second kappa shape index (κ2) is 11.2. The van der Waals surface area contributed by atoms with Crippen molar-refractivity contribution < 1.29 is 9.68 Å². The van der Waals surface area contributed by atoms with Gasteiger partial charge in [0.25, 0.3) is 0 Å². The normalized spacial score (nSPS) is 27.4. The quantitative estimate of drug-likeness (QED) is 0.211. The smallest absolute Gasteiger partial charge is 0.136 e. The van der Waals surface area contributed by atoms with Gasteiger partial charge in [0.05, 0.1) is 0 Å². The third kappa shape index (κ3) is 5.16. The average molecular weight is 394 g/mol. The topological polar surface area (TPSA) is 142 Å². The second-order valence-electron chi connectivity index (χ2n) is 8.43. The summed E-state index contributed by atoms with van der Waals surface area (Å²) in [5.74, 6) is 1.55. The molecule has 2 aliphatic carbocycles. The first-order chi connectivity index (χ1) is 13.6. The Morgan fingerprint density at radius 2 is 1.68 bits per heavy atom. The summed E-state index contributed by atoms with van der Waals surface area (Å²) in [7, 11) is 0. The van der Waals surface area contributed by atoms with Crippen LogP contribution in [-0.4, -0.2) is 18.2 Å². The van der Waals surface area contributed by atoms with Crippen molar-refractivity contribution in [1.82, 2.24) is 0 Å². The summed E-state index contributed by atoms with van der Waals surface area (Å²) in [4.78, 5) is 16.6. The van der Waals surface area contributed by atoms with Gasteiger partial charge in [-0.2, -0.15) is 0 Å². The summed E-state index contributed by atoms with van der Waals surface area (Å²) < 4.78 is 0. The molecule has 2 fully saturated rings. The van der Waals surface area contributed by atoms with Crippen LogP contribution in [0.3, 0.4) is 0 Å². The monoisotopic (exact) mass is 393 g/mol. The first kappa shape index (κ1) is 22.5. The number of hydrogen-bond acceptors (Lipinski definition) is 5. The molecule has 2 aliphatic rings. The van der Waals surface area contributed by atoms with E-state index in [0.29, 0.717) is 18.4 Å². The molecule has 0 radical (unpaired) electrons. The maximum atomic E-state index is 8.91. The molecule has 2 rings (SSSR count). The van der Waals surface area contributed by atoms with Crippen molar-refractivity contribution in [1.29, 1.82) is 0 Å². The van der Waals surface area contributed by atoms with Crippen LogP contribution >= 0.6 is 0 Å². The fourth-order valence-corrected chi connectivity index (χ4v) is 5.78.